The fraction of sp³-hybridized carbons (Fsp3) is 0.0635. The first-order chi connectivity index (χ1) is 45.0. The topological polar surface area (TPSA) is 249 Å². The van der Waals surface area contributed by atoms with Crippen LogP contribution >= 0.6 is 71.5 Å². The molecule has 2 amide bonds. The number of furan rings is 1. The van der Waals surface area contributed by atoms with Crippen molar-refractivity contribution in [2.75, 3.05) is 62.5 Å². The molecule has 32 heteroatoms. The molecule has 9 aromatic rings. The quantitative estimate of drug-likeness (QED) is 0.0293. The molecule has 0 saturated heterocycles. The van der Waals surface area contributed by atoms with Gasteiger partial charge in [0.05, 0.1) is 69.2 Å². The van der Waals surface area contributed by atoms with E-state index in [9.17, 15) is 59.2 Å². The van der Waals surface area contributed by atoms with Crippen LogP contribution in [0.2, 0.25) is 15.1 Å². The largest absolute Gasteiger partial charge is 0.495 e. The van der Waals surface area contributed by atoms with Crippen LogP contribution in [0.15, 0.2) is 181 Å². The number of nitrogens with zero attached hydrogens (tertiary/aromatic N) is 1. The van der Waals surface area contributed by atoms with Crippen LogP contribution in [0.4, 0.5) is 90.7 Å². The number of hydrogen-bond donors (Lipinski definition) is 10. The summed E-state index contributed by atoms with van der Waals surface area (Å²) >= 11 is 32.8. The maximum absolute atomic E-state index is 13.8. The Morgan fingerprint density at radius 1 is 0.505 bits per heavy atom. The number of nitrogens with two attached hydrogens (primary N) is 1. The van der Waals surface area contributed by atoms with Crippen molar-refractivity contribution in [3.8, 4) is 17.6 Å². The highest BCUT2D eigenvalue weighted by atomic mass is 35.5. The van der Waals surface area contributed by atoms with Gasteiger partial charge in [-0.2, -0.15) is 31.6 Å². The summed E-state index contributed by atoms with van der Waals surface area (Å²) in [6, 6.07) is 40.9. The zero-order valence-corrected chi connectivity index (χ0v) is 53.1. The van der Waals surface area contributed by atoms with Crippen molar-refractivity contribution in [3.05, 3.63) is 242 Å². The van der Waals surface area contributed by atoms with Crippen LogP contribution in [0.3, 0.4) is 0 Å². The van der Waals surface area contributed by atoms with Gasteiger partial charge in [-0.15, -0.1) is 0 Å². The first-order valence-electron chi connectivity index (χ1n) is 26.4. The number of alkyl halides is 6. The summed E-state index contributed by atoms with van der Waals surface area (Å²) in [4.78, 5) is 34.4. The van der Waals surface area contributed by atoms with Crippen LogP contribution < -0.4 is 57.7 Å². The molecule has 17 nitrogen and oxygen atoms in total. The Balaban J connectivity index is 0.000000216. The predicted octanol–water partition coefficient (Wildman–Crippen LogP) is 17.9. The standard InChI is InChI=1S/C23H18ClFN4O3S.C21H13ClF5N3OS.C14H11ClF3N3S.C5H4O3/c1-31-20-11-21(32-2)19(10-16(20)24)29-23(33)28-18-8-7-14(9-13(18)12-26)27-22(30)15-5-3-4-6-17(15)25;22-15-9-8-13(10-14(15)21(25,26)27)30-20(32)29-12-6-4-11(5-7-12)28-19(31)18-16(23)2-1-3-17(18)24;15-12-6-5-10(7-11(12)14(16,17)18)21-13(22)20-9-3-1-8(19)2-4-9;6-5(7)4-2-1-3-8-4/h3-11H,1-2H3,(H,27,30)(H2,28,29,33);1-10H,(H,28,31)(H2,29,30,32);1-7H,19H2,(H2,20,21,22);1-3H,(H,6,7). The van der Waals surface area contributed by atoms with Crippen molar-refractivity contribution in [1.29, 1.82) is 5.26 Å². The summed E-state index contributed by atoms with van der Waals surface area (Å²) in [7, 11) is 2.98. The molecule has 0 aliphatic heterocycles. The summed E-state index contributed by atoms with van der Waals surface area (Å²) in [5, 5.41) is 39.3. The van der Waals surface area contributed by atoms with Gasteiger partial charge in [0.15, 0.2) is 15.3 Å². The van der Waals surface area contributed by atoms with E-state index >= 15 is 0 Å². The summed E-state index contributed by atoms with van der Waals surface area (Å²) in [5.74, 6) is -4.37. The molecule has 8 aromatic carbocycles. The van der Waals surface area contributed by atoms with E-state index in [0.29, 0.717) is 50.6 Å². The molecule has 95 heavy (non-hydrogen) atoms. The van der Waals surface area contributed by atoms with E-state index < -0.39 is 69.3 Å². The van der Waals surface area contributed by atoms with Gasteiger partial charge in [0.25, 0.3) is 11.8 Å². The van der Waals surface area contributed by atoms with Gasteiger partial charge in [0.2, 0.25) is 5.76 Å². The van der Waals surface area contributed by atoms with E-state index in [1.807, 2.05) is 6.07 Å². The van der Waals surface area contributed by atoms with E-state index in [0.717, 1.165) is 36.4 Å². The SMILES string of the molecule is COc1cc(OC)c(NC(=S)Nc2ccc(NC(=O)c3ccccc3F)cc2C#N)cc1Cl.Nc1ccc(NC(=S)Nc2ccc(Cl)c(C(F)(F)F)c2)cc1.O=C(Nc1ccc(NC(=S)Nc2ccc(Cl)c(C(F)(F)F)c2)cc1)c1c(F)cccc1F.O=C(O)c1ccco1. The fourth-order valence-corrected chi connectivity index (χ4v) is 9.02. The van der Waals surface area contributed by atoms with E-state index in [-0.39, 0.29) is 54.3 Å². The number of nitrogen functional groups attached to an aromatic ring is 1. The van der Waals surface area contributed by atoms with Crippen molar-refractivity contribution < 1.29 is 72.9 Å². The van der Waals surface area contributed by atoms with Gasteiger partial charge in [0, 0.05) is 45.9 Å². The van der Waals surface area contributed by atoms with Crippen molar-refractivity contribution in [3.63, 3.8) is 0 Å². The minimum absolute atomic E-state index is 0.00524. The van der Waals surface area contributed by atoms with Gasteiger partial charge in [-0.25, -0.2) is 18.0 Å². The third-order valence-electron chi connectivity index (χ3n) is 12.0. The Morgan fingerprint density at radius 3 is 1.42 bits per heavy atom. The number of carboxylic acid groups (broad SMARTS) is 1. The normalized spacial score (nSPS) is 10.5. The van der Waals surface area contributed by atoms with Crippen molar-refractivity contribution in [1.82, 2.24) is 0 Å². The van der Waals surface area contributed by atoms with Crippen molar-refractivity contribution >= 4 is 156 Å². The monoisotopic (exact) mass is 1430 g/mol. The third-order valence-corrected chi connectivity index (χ3v) is 13.6. The van der Waals surface area contributed by atoms with Crippen LogP contribution in [-0.4, -0.2) is 52.4 Å². The Kier molecular flexibility index (Phi) is 26.4. The lowest BCUT2D eigenvalue weighted by Crippen LogP contribution is -2.20. The minimum Gasteiger partial charge on any atom is -0.495 e. The van der Waals surface area contributed by atoms with E-state index in [1.165, 1.54) is 99.3 Å². The van der Waals surface area contributed by atoms with Gasteiger partial charge >= 0.3 is 18.3 Å². The lowest BCUT2D eigenvalue weighted by molar-refractivity contribution is -0.138. The molecule has 0 fully saturated rings. The summed E-state index contributed by atoms with van der Waals surface area (Å²) in [6.45, 7) is 0. The number of aromatic carboxylic acids is 1. The number of benzene rings is 8. The number of thiocarbonyl (C=S) groups is 3. The molecule has 0 atom stereocenters. The molecule has 0 aliphatic carbocycles. The average molecular weight is 1430 g/mol. The molecule has 0 spiro atoms. The van der Waals surface area contributed by atoms with Gasteiger partial charge in [0.1, 0.15) is 40.6 Å². The number of amides is 2. The number of nitrogens with one attached hydrogen (secondary N) is 8. The Bertz CT molecular complexity index is 4290. The van der Waals surface area contributed by atoms with E-state index in [1.54, 1.807) is 54.6 Å². The first kappa shape index (κ1) is 73.7. The number of halogens is 12. The summed E-state index contributed by atoms with van der Waals surface area (Å²) in [6.07, 6.45) is -7.82. The molecular weight excluding hydrogens is 1380 g/mol. The van der Waals surface area contributed by atoms with Crippen LogP contribution in [0.5, 0.6) is 11.5 Å². The van der Waals surface area contributed by atoms with Crippen molar-refractivity contribution in [2.45, 2.75) is 12.4 Å². The van der Waals surface area contributed by atoms with Crippen molar-refractivity contribution in [2.24, 2.45) is 0 Å². The Morgan fingerprint density at radius 2 is 0.947 bits per heavy atom. The highest BCUT2D eigenvalue weighted by Gasteiger charge is 2.34. The lowest BCUT2D eigenvalue weighted by Gasteiger charge is -2.16. The number of carboxylic acids is 1. The predicted molar refractivity (Wildman–Crippen MR) is 360 cm³/mol. The van der Waals surface area contributed by atoms with Crippen LogP contribution in [-0.2, 0) is 12.4 Å². The van der Waals surface area contributed by atoms with E-state index in [4.69, 9.17) is 91.8 Å². The molecule has 492 valence electrons. The number of nitriles is 1. The molecule has 0 radical (unpaired) electrons. The zero-order valence-electron chi connectivity index (χ0n) is 48.4. The molecule has 1 heterocycles. The van der Waals surface area contributed by atoms with Gasteiger partial charge < -0.3 is 67.3 Å². The second kappa shape index (κ2) is 34.0. The molecule has 0 aliphatic rings. The zero-order chi connectivity index (χ0) is 69.7. The molecule has 0 bridgehead atoms. The summed E-state index contributed by atoms with van der Waals surface area (Å²) < 4.78 is 133. The Hall–Kier alpha value is -10.4. The molecule has 0 saturated carbocycles. The molecule has 1 aromatic heterocycles. The number of rotatable bonds is 13. The summed E-state index contributed by atoms with van der Waals surface area (Å²) in [5.41, 5.74) is 6.49. The molecule has 0 unspecified atom stereocenters. The minimum atomic E-state index is -4.62. The van der Waals surface area contributed by atoms with Crippen LogP contribution in [0.25, 0.3) is 0 Å². The smallest absolute Gasteiger partial charge is 0.417 e. The number of methoxy groups -OCH3 is 2. The average Bonchev–Trinajstić information content (AvgIpc) is 1.03. The third kappa shape index (κ3) is 22.2. The highest BCUT2D eigenvalue weighted by Crippen LogP contribution is 2.39. The second-order valence-corrected chi connectivity index (χ2v) is 21.1. The fourth-order valence-electron chi connectivity index (χ4n) is 7.64. The highest BCUT2D eigenvalue weighted by molar-refractivity contribution is 7.81. The van der Waals surface area contributed by atoms with Crippen LogP contribution in [0, 0.1) is 28.8 Å². The maximum Gasteiger partial charge on any atom is 0.417 e. The maximum atomic E-state index is 13.8. The number of anilines is 9. The number of carbonyl (C=O) groups excluding carboxylic acids is 2. The van der Waals surface area contributed by atoms with Crippen LogP contribution in [0.1, 0.15) is 48.0 Å². The number of carbonyl (C=O) groups is 3. The van der Waals surface area contributed by atoms with Gasteiger partial charge in [-0.05, 0) is 182 Å². The number of ether oxygens (including phenoxy) is 2. The second-order valence-electron chi connectivity index (χ2n) is 18.6. The van der Waals surface area contributed by atoms with Gasteiger partial charge in [-0.3, -0.25) is 9.59 Å². The molecule has 9 rings (SSSR count). The number of hydrogen-bond acceptors (Lipinski definition) is 11. The van der Waals surface area contributed by atoms with E-state index in [2.05, 4.69) is 47.0 Å². The molecule has 11 N–H and O–H groups in total. The lowest BCUT2D eigenvalue weighted by atomic mass is 10.1. The Labute approximate surface area is 565 Å². The van der Waals surface area contributed by atoms with Gasteiger partial charge in [-0.1, -0.05) is 53.0 Å². The molecular formula is C63H46Cl3F9N10O7S3. The first-order valence-corrected chi connectivity index (χ1v) is 28.8.